The van der Waals surface area contributed by atoms with Crippen molar-refractivity contribution in [2.24, 2.45) is 7.05 Å². The predicted octanol–water partition coefficient (Wildman–Crippen LogP) is 1.52. The second-order valence-corrected chi connectivity index (χ2v) is 3.52. The number of hydrogen-bond donors (Lipinski definition) is 2. The van der Waals surface area contributed by atoms with Crippen molar-refractivity contribution >= 4 is 11.6 Å². The van der Waals surface area contributed by atoms with Gasteiger partial charge in [0.15, 0.2) is 0 Å². The summed E-state index contributed by atoms with van der Waals surface area (Å²) in [5.74, 6) is -1.34. The molecule has 0 radical (unpaired) electrons. The van der Waals surface area contributed by atoms with Gasteiger partial charge in [-0.25, -0.2) is 4.39 Å². The van der Waals surface area contributed by atoms with Gasteiger partial charge in [-0.15, -0.1) is 0 Å². The van der Waals surface area contributed by atoms with Crippen LogP contribution in [0.5, 0.6) is 5.75 Å². The zero-order chi connectivity index (χ0) is 12.4. The first-order chi connectivity index (χ1) is 8.06. The number of nitrogens with one attached hydrogen (secondary N) is 1. The van der Waals surface area contributed by atoms with Gasteiger partial charge in [0.2, 0.25) is 0 Å². The fourth-order valence-corrected chi connectivity index (χ4v) is 1.34. The SMILES string of the molecule is Cn1cc(C(=O)Nc2ccc(O)cc2F)cn1. The molecule has 0 saturated carbocycles. The van der Waals surface area contributed by atoms with Crippen LogP contribution in [0.3, 0.4) is 0 Å². The van der Waals surface area contributed by atoms with E-state index in [1.165, 1.54) is 29.2 Å². The Morgan fingerprint density at radius 3 is 2.88 bits per heavy atom. The number of hydrogen-bond acceptors (Lipinski definition) is 3. The minimum Gasteiger partial charge on any atom is -0.508 e. The topological polar surface area (TPSA) is 67.2 Å². The first-order valence-corrected chi connectivity index (χ1v) is 4.85. The third-order valence-electron chi connectivity index (χ3n) is 2.17. The Kier molecular flexibility index (Phi) is 2.78. The zero-order valence-corrected chi connectivity index (χ0v) is 9.01. The van der Waals surface area contributed by atoms with E-state index in [2.05, 4.69) is 10.4 Å². The molecular weight excluding hydrogens is 225 g/mol. The molecule has 0 aliphatic heterocycles. The van der Waals surface area contributed by atoms with Crippen molar-refractivity contribution in [1.82, 2.24) is 9.78 Å². The van der Waals surface area contributed by atoms with Gasteiger partial charge in [0.25, 0.3) is 5.91 Å². The monoisotopic (exact) mass is 235 g/mol. The van der Waals surface area contributed by atoms with Crippen molar-refractivity contribution in [2.75, 3.05) is 5.32 Å². The summed E-state index contributed by atoms with van der Waals surface area (Å²) in [4.78, 5) is 11.7. The number of nitrogens with zero attached hydrogens (tertiary/aromatic N) is 2. The smallest absolute Gasteiger partial charge is 0.258 e. The summed E-state index contributed by atoms with van der Waals surface area (Å²) in [6, 6.07) is 3.51. The maximum atomic E-state index is 13.3. The fraction of sp³-hybridized carbons (Fsp3) is 0.0909. The number of benzene rings is 1. The summed E-state index contributed by atoms with van der Waals surface area (Å²) in [6.45, 7) is 0. The second kappa shape index (κ2) is 4.25. The number of carbonyl (C=O) groups is 1. The number of carbonyl (C=O) groups excluding carboxylic acids is 1. The number of phenolic OH excluding ortho intramolecular Hbond substituents is 1. The lowest BCUT2D eigenvalue weighted by Crippen LogP contribution is -2.12. The molecule has 0 fully saturated rings. The van der Waals surface area contributed by atoms with E-state index in [1.807, 2.05) is 0 Å². The normalized spacial score (nSPS) is 10.2. The van der Waals surface area contributed by atoms with Gasteiger partial charge in [0, 0.05) is 19.3 Å². The Balaban J connectivity index is 2.18. The van der Waals surface area contributed by atoms with Crippen LogP contribution < -0.4 is 5.32 Å². The number of aryl methyl sites for hydroxylation is 1. The lowest BCUT2D eigenvalue weighted by Gasteiger charge is -2.04. The maximum Gasteiger partial charge on any atom is 0.258 e. The van der Waals surface area contributed by atoms with E-state index in [0.29, 0.717) is 5.56 Å². The summed E-state index contributed by atoms with van der Waals surface area (Å²) in [5.41, 5.74) is 0.344. The molecule has 0 bridgehead atoms. The Hall–Kier alpha value is -2.37. The highest BCUT2D eigenvalue weighted by Gasteiger charge is 2.11. The van der Waals surface area contributed by atoms with Crippen LogP contribution in [0.2, 0.25) is 0 Å². The quantitative estimate of drug-likeness (QED) is 0.775. The van der Waals surface area contributed by atoms with Gasteiger partial charge in [0.1, 0.15) is 11.6 Å². The summed E-state index contributed by atoms with van der Waals surface area (Å²) in [7, 11) is 1.68. The Morgan fingerprint density at radius 2 is 2.29 bits per heavy atom. The van der Waals surface area contributed by atoms with Gasteiger partial charge < -0.3 is 10.4 Å². The number of anilines is 1. The Labute approximate surface area is 96.5 Å². The fourth-order valence-electron chi connectivity index (χ4n) is 1.34. The molecule has 2 rings (SSSR count). The van der Waals surface area contributed by atoms with Gasteiger partial charge in [-0.3, -0.25) is 9.48 Å². The highest BCUT2D eigenvalue weighted by molar-refractivity contribution is 6.04. The standard InChI is InChI=1S/C11H10FN3O2/c1-15-6-7(5-13-15)11(17)14-10-3-2-8(16)4-9(10)12/h2-6,16H,1H3,(H,14,17). The van der Waals surface area contributed by atoms with Gasteiger partial charge in [-0.1, -0.05) is 0 Å². The van der Waals surface area contributed by atoms with Gasteiger partial charge in [0.05, 0.1) is 17.4 Å². The van der Waals surface area contributed by atoms with Crippen molar-refractivity contribution in [3.63, 3.8) is 0 Å². The molecule has 1 aromatic heterocycles. The van der Waals surface area contributed by atoms with Crippen LogP contribution in [0.15, 0.2) is 30.6 Å². The number of halogens is 1. The molecule has 0 unspecified atom stereocenters. The number of aromatic nitrogens is 2. The lowest BCUT2D eigenvalue weighted by molar-refractivity contribution is 0.102. The molecule has 0 atom stereocenters. The van der Waals surface area contributed by atoms with E-state index in [9.17, 15) is 9.18 Å². The molecule has 88 valence electrons. The first kappa shape index (κ1) is 11.1. The van der Waals surface area contributed by atoms with Gasteiger partial charge >= 0.3 is 0 Å². The summed E-state index contributed by atoms with van der Waals surface area (Å²) >= 11 is 0. The number of amides is 1. The van der Waals surface area contributed by atoms with E-state index in [1.54, 1.807) is 7.05 Å². The van der Waals surface area contributed by atoms with Crippen molar-refractivity contribution in [3.05, 3.63) is 42.0 Å². The molecule has 1 amide bonds. The zero-order valence-electron chi connectivity index (χ0n) is 9.01. The van der Waals surface area contributed by atoms with Crippen LogP contribution >= 0.6 is 0 Å². The predicted molar refractivity (Wildman–Crippen MR) is 59.2 cm³/mol. The second-order valence-electron chi connectivity index (χ2n) is 3.52. The van der Waals surface area contributed by atoms with Gasteiger partial charge in [-0.2, -0.15) is 5.10 Å². The first-order valence-electron chi connectivity index (χ1n) is 4.85. The molecule has 5 nitrogen and oxygen atoms in total. The minimum atomic E-state index is -0.692. The molecule has 0 saturated heterocycles. The molecule has 1 heterocycles. The molecule has 1 aromatic carbocycles. The van der Waals surface area contributed by atoms with Crippen LogP contribution in [0, 0.1) is 5.82 Å². The van der Waals surface area contributed by atoms with Crippen LogP contribution in [-0.2, 0) is 7.05 Å². The summed E-state index contributed by atoms with van der Waals surface area (Å²) in [6.07, 6.45) is 2.90. The molecule has 17 heavy (non-hydrogen) atoms. The number of phenols is 1. The molecular formula is C11H10FN3O2. The van der Waals surface area contributed by atoms with Crippen LogP contribution in [0.25, 0.3) is 0 Å². The number of aromatic hydroxyl groups is 1. The molecule has 6 heteroatoms. The molecule has 0 spiro atoms. The van der Waals surface area contributed by atoms with Crippen molar-refractivity contribution < 1.29 is 14.3 Å². The highest BCUT2D eigenvalue weighted by atomic mass is 19.1. The highest BCUT2D eigenvalue weighted by Crippen LogP contribution is 2.19. The third-order valence-corrected chi connectivity index (χ3v) is 2.17. The molecule has 0 aliphatic rings. The number of rotatable bonds is 2. The van der Waals surface area contributed by atoms with Crippen LogP contribution in [0.4, 0.5) is 10.1 Å². The summed E-state index contributed by atoms with van der Waals surface area (Å²) < 4.78 is 14.8. The van der Waals surface area contributed by atoms with E-state index < -0.39 is 11.7 Å². The van der Waals surface area contributed by atoms with Gasteiger partial charge in [-0.05, 0) is 12.1 Å². The van der Waals surface area contributed by atoms with Crippen LogP contribution in [0.1, 0.15) is 10.4 Å². The average molecular weight is 235 g/mol. The average Bonchev–Trinajstić information content (AvgIpc) is 2.69. The van der Waals surface area contributed by atoms with Crippen molar-refractivity contribution in [2.45, 2.75) is 0 Å². The van der Waals surface area contributed by atoms with Crippen molar-refractivity contribution in [1.29, 1.82) is 0 Å². The molecule has 0 aliphatic carbocycles. The van der Waals surface area contributed by atoms with E-state index >= 15 is 0 Å². The molecule has 2 N–H and O–H groups in total. The van der Waals surface area contributed by atoms with E-state index in [-0.39, 0.29) is 11.4 Å². The maximum absolute atomic E-state index is 13.3. The summed E-state index contributed by atoms with van der Waals surface area (Å²) in [5, 5.41) is 15.3. The largest absolute Gasteiger partial charge is 0.508 e. The van der Waals surface area contributed by atoms with Crippen molar-refractivity contribution in [3.8, 4) is 5.75 Å². The van der Waals surface area contributed by atoms with Crippen LogP contribution in [-0.4, -0.2) is 20.8 Å². The van der Waals surface area contributed by atoms with E-state index in [4.69, 9.17) is 5.11 Å². The Morgan fingerprint density at radius 1 is 1.53 bits per heavy atom. The lowest BCUT2D eigenvalue weighted by atomic mass is 10.2. The third kappa shape index (κ3) is 2.41. The minimum absolute atomic E-state index is 0.0108. The molecule has 2 aromatic rings. The Bertz CT molecular complexity index is 566. The van der Waals surface area contributed by atoms with E-state index in [0.717, 1.165) is 6.07 Å².